The van der Waals surface area contributed by atoms with Crippen molar-refractivity contribution in [2.24, 2.45) is 22.0 Å². The monoisotopic (exact) mass is 282 g/mol. The summed E-state index contributed by atoms with van der Waals surface area (Å²) in [6.45, 7) is 7.51. The molecule has 20 heavy (non-hydrogen) atoms. The Kier molecular flexibility index (Phi) is 3.84. The van der Waals surface area contributed by atoms with Crippen molar-refractivity contribution in [3.05, 3.63) is 21.8 Å². The van der Waals surface area contributed by atoms with E-state index in [9.17, 15) is 10.1 Å². The molecule has 2 aliphatic rings. The summed E-state index contributed by atoms with van der Waals surface area (Å²) < 4.78 is 0. The Morgan fingerprint density at radius 2 is 2.05 bits per heavy atom. The largest absolute Gasteiger partial charge is 0.330 e. The van der Waals surface area contributed by atoms with Crippen LogP contribution in [0, 0.1) is 26.4 Å². The summed E-state index contributed by atoms with van der Waals surface area (Å²) >= 11 is 0. The zero-order chi connectivity index (χ0) is 15.0. The maximum absolute atomic E-state index is 10.5. The lowest BCUT2D eigenvalue weighted by Gasteiger charge is -2.53. The fourth-order valence-corrected chi connectivity index (χ4v) is 4.79. The first-order chi connectivity index (χ1) is 9.18. The van der Waals surface area contributed by atoms with E-state index in [1.807, 2.05) is 0 Å². The average Bonchev–Trinajstić information content (AvgIpc) is 2.22. The van der Waals surface area contributed by atoms with Crippen LogP contribution in [0.5, 0.6) is 0 Å². The Hall–Kier alpha value is -1.10. The molecule has 0 amide bonds. The van der Waals surface area contributed by atoms with Gasteiger partial charge in [-0.1, -0.05) is 32.4 Å². The smallest absolute Gasteiger partial charge is 0.294 e. The van der Waals surface area contributed by atoms with Crippen molar-refractivity contribution in [3.8, 4) is 0 Å². The molecule has 2 aliphatic carbocycles. The molecule has 0 aliphatic heterocycles. The number of nitrogens with two attached hydrogens (primary N) is 1. The van der Waals surface area contributed by atoms with Crippen LogP contribution in [-0.4, -0.2) is 18.2 Å². The van der Waals surface area contributed by atoms with Crippen molar-refractivity contribution in [2.75, 3.05) is 13.2 Å². The standard InChI is InChI=1S/C15H26N2O3/c1-13(2)6-12-7-14(3,11-20-17(18)19)10-15(8-12,9-13)4-5-16/h7H,4-6,8-11,16H2,1-3H3. The molecular formula is C15H26N2O3. The topological polar surface area (TPSA) is 78.4 Å². The lowest BCUT2D eigenvalue weighted by atomic mass is 9.52. The van der Waals surface area contributed by atoms with E-state index in [2.05, 4.69) is 31.7 Å². The lowest BCUT2D eigenvalue weighted by Crippen LogP contribution is -2.44. The molecule has 0 aromatic carbocycles. The Morgan fingerprint density at radius 3 is 2.65 bits per heavy atom. The Bertz CT molecular complexity index is 433. The number of rotatable bonds is 5. The lowest BCUT2D eigenvalue weighted by molar-refractivity contribution is -0.760. The van der Waals surface area contributed by atoms with Crippen LogP contribution in [0.4, 0.5) is 0 Å². The van der Waals surface area contributed by atoms with Crippen molar-refractivity contribution in [1.82, 2.24) is 0 Å². The molecular weight excluding hydrogens is 256 g/mol. The van der Waals surface area contributed by atoms with Gasteiger partial charge in [-0.15, -0.1) is 10.1 Å². The molecule has 0 saturated heterocycles. The third-order valence-corrected chi connectivity index (χ3v) is 4.67. The average molecular weight is 282 g/mol. The molecule has 114 valence electrons. The van der Waals surface area contributed by atoms with E-state index in [-0.39, 0.29) is 17.4 Å². The van der Waals surface area contributed by atoms with E-state index < -0.39 is 5.09 Å². The maximum Gasteiger partial charge on any atom is 0.294 e. The number of hydrogen-bond acceptors (Lipinski definition) is 4. The molecule has 2 unspecified atom stereocenters. The first-order valence-corrected chi connectivity index (χ1v) is 7.36. The van der Waals surface area contributed by atoms with Gasteiger partial charge in [0, 0.05) is 5.41 Å². The minimum Gasteiger partial charge on any atom is -0.330 e. The van der Waals surface area contributed by atoms with E-state index in [0.717, 1.165) is 32.1 Å². The van der Waals surface area contributed by atoms with Crippen LogP contribution in [0.25, 0.3) is 0 Å². The van der Waals surface area contributed by atoms with Gasteiger partial charge < -0.3 is 10.6 Å². The highest BCUT2D eigenvalue weighted by Gasteiger charge is 2.48. The maximum atomic E-state index is 10.5. The van der Waals surface area contributed by atoms with Crippen molar-refractivity contribution in [3.63, 3.8) is 0 Å². The second kappa shape index (κ2) is 5.02. The predicted octanol–water partition coefficient (Wildman–Crippen LogP) is 3.08. The van der Waals surface area contributed by atoms with Crippen molar-refractivity contribution in [2.45, 2.75) is 52.9 Å². The third kappa shape index (κ3) is 3.32. The van der Waals surface area contributed by atoms with Crippen molar-refractivity contribution >= 4 is 0 Å². The summed E-state index contributed by atoms with van der Waals surface area (Å²) in [6, 6.07) is 0. The Balaban J connectivity index is 2.26. The van der Waals surface area contributed by atoms with Crippen LogP contribution < -0.4 is 5.73 Å². The van der Waals surface area contributed by atoms with E-state index in [0.29, 0.717) is 12.0 Å². The fourth-order valence-electron chi connectivity index (χ4n) is 4.79. The van der Waals surface area contributed by atoms with Crippen LogP contribution in [0.15, 0.2) is 11.6 Å². The molecule has 0 aromatic rings. The summed E-state index contributed by atoms with van der Waals surface area (Å²) in [4.78, 5) is 15.2. The predicted molar refractivity (Wildman–Crippen MR) is 77.5 cm³/mol. The van der Waals surface area contributed by atoms with Crippen LogP contribution in [0.3, 0.4) is 0 Å². The second-order valence-corrected chi connectivity index (χ2v) is 7.86. The van der Waals surface area contributed by atoms with Gasteiger partial charge in [0.15, 0.2) is 0 Å². The Labute approximate surface area is 120 Å². The molecule has 0 aromatic heterocycles. The van der Waals surface area contributed by atoms with Crippen LogP contribution in [-0.2, 0) is 4.84 Å². The molecule has 1 saturated carbocycles. The minimum absolute atomic E-state index is 0.149. The number of hydrogen-bond donors (Lipinski definition) is 1. The number of allylic oxidation sites excluding steroid dienone is 1. The molecule has 0 spiro atoms. The molecule has 5 heteroatoms. The zero-order valence-electron chi connectivity index (χ0n) is 12.8. The van der Waals surface area contributed by atoms with Gasteiger partial charge in [0.05, 0.1) is 0 Å². The molecule has 2 bridgehead atoms. The minimum atomic E-state index is -0.687. The highest BCUT2D eigenvalue weighted by Crippen LogP contribution is 2.58. The third-order valence-electron chi connectivity index (χ3n) is 4.67. The molecule has 0 heterocycles. The second-order valence-electron chi connectivity index (χ2n) is 7.86. The van der Waals surface area contributed by atoms with Gasteiger partial charge in [0.1, 0.15) is 6.61 Å². The molecule has 0 radical (unpaired) electrons. The van der Waals surface area contributed by atoms with E-state index >= 15 is 0 Å². The normalized spacial score (nSPS) is 35.3. The van der Waals surface area contributed by atoms with Gasteiger partial charge in [-0.2, -0.15) is 0 Å². The van der Waals surface area contributed by atoms with Crippen molar-refractivity contribution < 1.29 is 9.92 Å². The molecule has 2 N–H and O–H groups in total. The highest BCUT2D eigenvalue weighted by molar-refractivity contribution is 5.22. The summed E-state index contributed by atoms with van der Waals surface area (Å²) in [5.74, 6) is 0. The van der Waals surface area contributed by atoms with Gasteiger partial charge >= 0.3 is 0 Å². The van der Waals surface area contributed by atoms with Crippen LogP contribution in [0.2, 0.25) is 0 Å². The fraction of sp³-hybridized carbons (Fsp3) is 0.867. The summed E-state index contributed by atoms with van der Waals surface area (Å²) in [6.07, 6.45) is 7.46. The zero-order valence-corrected chi connectivity index (χ0v) is 12.8. The number of fused-ring (bicyclic) bond motifs is 2. The van der Waals surface area contributed by atoms with Gasteiger partial charge in [-0.05, 0) is 49.5 Å². The highest BCUT2D eigenvalue weighted by atomic mass is 16.9. The van der Waals surface area contributed by atoms with Gasteiger partial charge in [-0.25, -0.2) is 0 Å². The van der Waals surface area contributed by atoms with Gasteiger partial charge in [0.2, 0.25) is 0 Å². The summed E-state index contributed by atoms with van der Waals surface area (Å²) in [5.41, 5.74) is 7.50. The van der Waals surface area contributed by atoms with Crippen LogP contribution >= 0.6 is 0 Å². The molecule has 2 rings (SSSR count). The molecule has 1 fully saturated rings. The Morgan fingerprint density at radius 1 is 1.35 bits per heavy atom. The SMILES string of the molecule is CC1(C)CC2=CC(C)(CO[N+](=O)[O-])CC(CCN)(C2)C1. The van der Waals surface area contributed by atoms with E-state index in [1.165, 1.54) is 5.57 Å². The molecule has 2 atom stereocenters. The van der Waals surface area contributed by atoms with Gasteiger partial charge in [-0.3, -0.25) is 0 Å². The molecule has 5 nitrogen and oxygen atoms in total. The first kappa shape index (κ1) is 15.3. The number of nitrogens with zero attached hydrogens (tertiary/aromatic N) is 1. The summed E-state index contributed by atoms with van der Waals surface area (Å²) in [5, 5.41) is 9.80. The van der Waals surface area contributed by atoms with Gasteiger partial charge in [0.25, 0.3) is 5.09 Å². The van der Waals surface area contributed by atoms with Crippen molar-refractivity contribution in [1.29, 1.82) is 0 Å². The first-order valence-electron chi connectivity index (χ1n) is 7.36. The quantitative estimate of drug-likeness (QED) is 0.477. The van der Waals surface area contributed by atoms with E-state index in [4.69, 9.17) is 5.73 Å². The summed E-state index contributed by atoms with van der Waals surface area (Å²) in [7, 11) is 0. The van der Waals surface area contributed by atoms with Crippen LogP contribution in [0.1, 0.15) is 52.9 Å². The van der Waals surface area contributed by atoms with E-state index in [1.54, 1.807) is 0 Å².